The van der Waals surface area contributed by atoms with Gasteiger partial charge in [0, 0.05) is 13.1 Å². The van der Waals surface area contributed by atoms with Gasteiger partial charge in [0.25, 0.3) is 0 Å². The van der Waals surface area contributed by atoms with E-state index in [4.69, 9.17) is 4.74 Å². The molecule has 0 bridgehead atoms. The maximum Gasteiger partial charge on any atom is 0.0940 e. The molecule has 1 aliphatic rings. The number of nitrogens with zero attached hydrogens (tertiary/aromatic N) is 1. The lowest BCUT2D eigenvalue weighted by molar-refractivity contribution is -0.148. The van der Waals surface area contributed by atoms with Gasteiger partial charge < -0.3 is 9.84 Å². The highest BCUT2D eigenvalue weighted by molar-refractivity contribution is 7.99. The summed E-state index contributed by atoms with van der Waals surface area (Å²) in [5.74, 6) is 2.44. The minimum Gasteiger partial charge on any atom is -0.394 e. The molecule has 1 heterocycles. The molecule has 1 rings (SSSR count). The number of thioether (sulfide) groups is 1. The number of ether oxygens (including phenoxy) is 1. The highest BCUT2D eigenvalue weighted by atomic mass is 32.2. The van der Waals surface area contributed by atoms with Crippen LogP contribution in [0.1, 0.15) is 27.2 Å². The summed E-state index contributed by atoms with van der Waals surface area (Å²) >= 11 is 2.00. The van der Waals surface area contributed by atoms with Crippen LogP contribution in [0.5, 0.6) is 0 Å². The number of aliphatic hydroxyl groups excluding tert-OH is 1. The van der Waals surface area contributed by atoms with Gasteiger partial charge in [-0.25, -0.2) is 0 Å². The number of rotatable bonds is 6. The Kier molecular flexibility index (Phi) is 6.11. The molecule has 0 saturated carbocycles. The maximum atomic E-state index is 9.19. The number of aliphatic hydroxyl groups is 1. The van der Waals surface area contributed by atoms with Gasteiger partial charge in [-0.2, -0.15) is 11.8 Å². The molecule has 1 fully saturated rings. The molecular weight excluding hydrogens is 222 g/mol. The van der Waals surface area contributed by atoms with Crippen molar-refractivity contribution in [3.05, 3.63) is 0 Å². The van der Waals surface area contributed by atoms with E-state index in [9.17, 15) is 5.11 Å². The van der Waals surface area contributed by atoms with Crippen molar-refractivity contribution in [3.8, 4) is 0 Å². The molecule has 0 aromatic carbocycles. The third-order valence-electron chi connectivity index (χ3n) is 2.72. The molecular formula is C12H25NO2S. The van der Waals surface area contributed by atoms with Crippen molar-refractivity contribution in [2.24, 2.45) is 0 Å². The Bertz CT molecular complexity index is 199. The predicted molar refractivity (Wildman–Crippen MR) is 70.1 cm³/mol. The van der Waals surface area contributed by atoms with E-state index in [1.807, 2.05) is 11.8 Å². The molecule has 0 radical (unpaired) electrons. The van der Waals surface area contributed by atoms with E-state index in [0.717, 1.165) is 19.6 Å². The van der Waals surface area contributed by atoms with Crippen LogP contribution in [0.2, 0.25) is 0 Å². The highest BCUT2D eigenvalue weighted by Crippen LogP contribution is 2.21. The van der Waals surface area contributed by atoms with Gasteiger partial charge in [-0.15, -0.1) is 0 Å². The predicted octanol–water partition coefficient (Wildman–Crippen LogP) is 1.60. The molecule has 0 amide bonds. The first kappa shape index (κ1) is 14.3. The second-order valence-electron chi connectivity index (χ2n) is 4.97. The second kappa shape index (κ2) is 6.84. The number of hydrogen-bond acceptors (Lipinski definition) is 4. The lowest BCUT2D eigenvalue weighted by Crippen LogP contribution is -2.53. The van der Waals surface area contributed by atoms with Crippen LogP contribution in [0.25, 0.3) is 0 Å². The Labute approximate surface area is 104 Å². The molecule has 16 heavy (non-hydrogen) atoms. The standard InChI is InChI=1S/C12H25NO2S/c1-4-16-7-5-6-13-8-11(9-14)15-12(2,3)10-13/h11,14H,4-10H2,1-3H3. The molecule has 0 aromatic rings. The van der Waals surface area contributed by atoms with E-state index in [-0.39, 0.29) is 18.3 Å². The van der Waals surface area contributed by atoms with E-state index in [1.165, 1.54) is 17.9 Å². The van der Waals surface area contributed by atoms with Crippen LogP contribution in [-0.2, 0) is 4.74 Å². The third kappa shape index (κ3) is 5.04. The average molecular weight is 247 g/mol. The van der Waals surface area contributed by atoms with Gasteiger partial charge in [-0.1, -0.05) is 6.92 Å². The average Bonchev–Trinajstić information content (AvgIpc) is 2.22. The molecule has 1 aliphatic heterocycles. The van der Waals surface area contributed by atoms with Crippen molar-refractivity contribution in [1.82, 2.24) is 4.90 Å². The van der Waals surface area contributed by atoms with Crippen molar-refractivity contribution in [3.63, 3.8) is 0 Å². The molecule has 1 unspecified atom stereocenters. The lowest BCUT2D eigenvalue weighted by atomic mass is 10.1. The smallest absolute Gasteiger partial charge is 0.0940 e. The Hall–Kier alpha value is 0.230. The van der Waals surface area contributed by atoms with E-state index >= 15 is 0 Å². The molecule has 3 nitrogen and oxygen atoms in total. The zero-order valence-corrected chi connectivity index (χ0v) is 11.6. The SMILES string of the molecule is CCSCCCN1CC(CO)OC(C)(C)C1. The summed E-state index contributed by atoms with van der Waals surface area (Å²) in [6.45, 7) is 9.49. The van der Waals surface area contributed by atoms with E-state index in [0.29, 0.717) is 0 Å². The lowest BCUT2D eigenvalue weighted by Gasteiger charge is -2.42. The normalized spacial score (nSPS) is 25.9. The summed E-state index contributed by atoms with van der Waals surface area (Å²) in [7, 11) is 0. The van der Waals surface area contributed by atoms with Gasteiger partial charge in [0.15, 0.2) is 0 Å². The minimum absolute atomic E-state index is 0.0115. The summed E-state index contributed by atoms with van der Waals surface area (Å²) in [6, 6.07) is 0. The van der Waals surface area contributed by atoms with Gasteiger partial charge in [0.1, 0.15) is 0 Å². The number of morpholine rings is 1. The summed E-state index contributed by atoms with van der Waals surface area (Å²) in [6.07, 6.45) is 1.22. The van der Waals surface area contributed by atoms with Gasteiger partial charge in [0.2, 0.25) is 0 Å². The van der Waals surface area contributed by atoms with Gasteiger partial charge in [-0.3, -0.25) is 4.90 Å². The quantitative estimate of drug-likeness (QED) is 0.723. The van der Waals surface area contributed by atoms with Crippen LogP contribution < -0.4 is 0 Å². The van der Waals surface area contributed by atoms with Crippen LogP contribution >= 0.6 is 11.8 Å². The van der Waals surface area contributed by atoms with Crippen LogP contribution in [0.3, 0.4) is 0 Å². The molecule has 0 spiro atoms. The second-order valence-corrected chi connectivity index (χ2v) is 6.36. The van der Waals surface area contributed by atoms with Crippen molar-refractivity contribution in [2.45, 2.75) is 38.9 Å². The summed E-state index contributed by atoms with van der Waals surface area (Å²) in [4.78, 5) is 2.42. The van der Waals surface area contributed by atoms with Crippen LogP contribution in [-0.4, -0.2) is 59.5 Å². The highest BCUT2D eigenvalue weighted by Gasteiger charge is 2.32. The first-order valence-electron chi connectivity index (χ1n) is 6.16. The van der Waals surface area contributed by atoms with E-state index in [1.54, 1.807) is 0 Å². The van der Waals surface area contributed by atoms with Crippen molar-refractivity contribution < 1.29 is 9.84 Å². The largest absolute Gasteiger partial charge is 0.394 e. The summed E-state index contributed by atoms with van der Waals surface area (Å²) < 4.78 is 5.78. The molecule has 4 heteroatoms. The molecule has 96 valence electrons. The van der Waals surface area contributed by atoms with Crippen LogP contribution in [0.4, 0.5) is 0 Å². The molecule has 0 aromatic heterocycles. The summed E-state index contributed by atoms with van der Waals surface area (Å²) in [5, 5.41) is 9.19. The molecule has 1 saturated heterocycles. The Balaban J connectivity index is 2.29. The van der Waals surface area contributed by atoms with Crippen molar-refractivity contribution in [2.75, 3.05) is 37.7 Å². The van der Waals surface area contributed by atoms with Crippen LogP contribution in [0.15, 0.2) is 0 Å². The minimum atomic E-state index is -0.121. The van der Waals surface area contributed by atoms with Gasteiger partial charge in [0.05, 0.1) is 18.3 Å². The Morgan fingerprint density at radius 3 is 2.88 bits per heavy atom. The van der Waals surface area contributed by atoms with Gasteiger partial charge >= 0.3 is 0 Å². The molecule has 0 aliphatic carbocycles. The monoisotopic (exact) mass is 247 g/mol. The van der Waals surface area contributed by atoms with E-state index in [2.05, 4.69) is 25.7 Å². The summed E-state index contributed by atoms with van der Waals surface area (Å²) in [5.41, 5.74) is -0.121. The number of hydrogen-bond donors (Lipinski definition) is 1. The van der Waals surface area contributed by atoms with Crippen molar-refractivity contribution in [1.29, 1.82) is 0 Å². The zero-order valence-electron chi connectivity index (χ0n) is 10.7. The molecule has 1 atom stereocenters. The fourth-order valence-electron chi connectivity index (χ4n) is 2.22. The maximum absolute atomic E-state index is 9.19. The van der Waals surface area contributed by atoms with Gasteiger partial charge in [-0.05, 0) is 38.3 Å². The molecule has 1 N–H and O–H groups in total. The Morgan fingerprint density at radius 1 is 1.50 bits per heavy atom. The van der Waals surface area contributed by atoms with Crippen LogP contribution in [0, 0.1) is 0 Å². The first-order valence-corrected chi connectivity index (χ1v) is 7.31. The van der Waals surface area contributed by atoms with E-state index < -0.39 is 0 Å². The fourth-order valence-corrected chi connectivity index (χ4v) is 2.84. The fraction of sp³-hybridized carbons (Fsp3) is 1.00. The first-order chi connectivity index (χ1) is 7.57. The third-order valence-corrected chi connectivity index (χ3v) is 3.71. The Morgan fingerprint density at radius 2 is 2.25 bits per heavy atom. The topological polar surface area (TPSA) is 32.7 Å². The zero-order chi connectivity index (χ0) is 12.0. The van der Waals surface area contributed by atoms with Crippen molar-refractivity contribution >= 4 is 11.8 Å².